The molecule has 0 fully saturated rings. The number of ether oxygens (including phenoxy) is 1. The molecular weight excluding hydrogens is 340 g/mol. The molecule has 0 saturated heterocycles. The molecule has 0 atom stereocenters. The molecule has 2 aromatic rings. The number of rotatable bonds is 5. The summed E-state index contributed by atoms with van der Waals surface area (Å²) in [4.78, 5) is 12.2. The standard InChI is InChI=1S/C15H13BrO3S/c1-2-20-13-8-4-7-12(14(13)15(17)18)19-11-6-3-5-10(16)9-11/h3-9H,2H2,1H3,(H,17,18). The Balaban J connectivity index is 2.40. The summed E-state index contributed by atoms with van der Waals surface area (Å²) in [6, 6.07) is 12.6. The largest absolute Gasteiger partial charge is 0.478 e. The van der Waals surface area contributed by atoms with Crippen molar-refractivity contribution >= 4 is 33.7 Å². The number of hydrogen-bond acceptors (Lipinski definition) is 3. The van der Waals surface area contributed by atoms with Gasteiger partial charge in [0.15, 0.2) is 0 Å². The summed E-state index contributed by atoms with van der Waals surface area (Å²) in [5.41, 5.74) is 0.208. The van der Waals surface area contributed by atoms with Gasteiger partial charge in [0.25, 0.3) is 0 Å². The Morgan fingerprint density at radius 2 is 2.05 bits per heavy atom. The van der Waals surface area contributed by atoms with Gasteiger partial charge in [-0.15, -0.1) is 11.8 Å². The van der Waals surface area contributed by atoms with Crippen LogP contribution in [0, 0.1) is 0 Å². The number of hydrogen-bond donors (Lipinski definition) is 1. The van der Waals surface area contributed by atoms with E-state index < -0.39 is 5.97 Å². The Kier molecular flexibility index (Phi) is 5.09. The van der Waals surface area contributed by atoms with Crippen LogP contribution >= 0.6 is 27.7 Å². The number of carboxylic acids is 1. The van der Waals surface area contributed by atoms with Crippen LogP contribution in [0.5, 0.6) is 11.5 Å². The topological polar surface area (TPSA) is 46.5 Å². The summed E-state index contributed by atoms with van der Waals surface area (Å²) in [6.45, 7) is 1.98. The van der Waals surface area contributed by atoms with Crippen LogP contribution in [0.3, 0.4) is 0 Å². The van der Waals surface area contributed by atoms with Gasteiger partial charge in [-0.2, -0.15) is 0 Å². The maximum atomic E-state index is 11.5. The van der Waals surface area contributed by atoms with Crippen molar-refractivity contribution in [2.75, 3.05) is 5.75 Å². The maximum absolute atomic E-state index is 11.5. The highest BCUT2D eigenvalue weighted by Gasteiger charge is 2.17. The molecule has 0 aromatic heterocycles. The lowest BCUT2D eigenvalue weighted by molar-refractivity contribution is 0.0690. The van der Waals surface area contributed by atoms with E-state index in [-0.39, 0.29) is 5.56 Å². The molecule has 20 heavy (non-hydrogen) atoms. The first-order valence-corrected chi connectivity index (χ1v) is 7.82. The molecule has 104 valence electrons. The number of benzene rings is 2. The molecule has 0 spiro atoms. The fraction of sp³-hybridized carbons (Fsp3) is 0.133. The molecule has 2 rings (SSSR count). The predicted octanol–water partition coefficient (Wildman–Crippen LogP) is 5.05. The number of aromatic carboxylic acids is 1. The third-order valence-electron chi connectivity index (χ3n) is 2.53. The number of thioether (sulfide) groups is 1. The molecule has 0 aliphatic rings. The van der Waals surface area contributed by atoms with Crippen LogP contribution in [0.4, 0.5) is 0 Å². The van der Waals surface area contributed by atoms with Crippen molar-refractivity contribution < 1.29 is 14.6 Å². The molecule has 0 heterocycles. The van der Waals surface area contributed by atoms with Crippen molar-refractivity contribution in [3.8, 4) is 11.5 Å². The van der Waals surface area contributed by atoms with Crippen molar-refractivity contribution in [3.05, 3.63) is 52.5 Å². The average molecular weight is 353 g/mol. The Bertz CT molecular complexity index is 628. The smallest absolute Gasteiger partial charge is 0.340 e. The zero-order chi connectivity index (χ0) is 14.5. The number of carboxylic acid groups (broad SMARTS) is 1. The van der Waals surface area contributed by atoms with Crippen LogP contribution in [0.1, 0.15) is 17.3 Å². The SMILES string of the molecule is CCSc1cccc(Oc2cccc(Br)c2)c1C(=O)O. The van der Waals surface area contributed by atoms with Crippen molar-refractivity contribution in [2.45, 2.75) is 11.8 Å². The van der Waals surface area contributed by atoms with E-state index in [0.29, 0.717) is 16.4 Å². The van der Waals surface area contributed by atoms with E-state index >= 15 is 0 Å². The van der Waals surface area contributed by atoms with Gasteiger partial charge in [-0.05, 0) is 36.1 Å². The minimum absolute atomic E-state index is 0.208. The first kappa shape index (κ1) is 14.9. The summed E-state index contributed by atoms with van der Waals surface area (Å²) in [5.74, 6) is 0.779. The minimum atomic E-state index is -0.980. The lowest BCUT2D eigenvalue weighted by Crippen LogP contribution is -2.02. The van der Waals surface area contributed by atoms with Crippen LogP contribution in [-0.2, 0) is 0 Å². The zero-order valence-corrected chi connectivity index (χ0v) is 13.2. The summed E-state index contributed by atoms with van der Waals surface area (Å²) in [7, 11) is 0. The lowest BCUT2D eigenvalue weighted by atomic mass is 10.2. The van der Waals surface area contributed by atoms with Gasteiger partial charge in [0.05, 0.1) is 0 Å². The Morgan fingerprint density at radius 1 is 1.30 bits per heavy atom. The minimum Gasteiger partial charge on any atom is -0.478 e. The van der Waals surface area contributed by atoms with E-state index in [4.69, 9.17) is 4.74 Å². The normalized spacial score (nSPS) is 10.3. The third-order valence-corrected chi connectivity index (χ3v) is 3.96. The fourth-order valence-corrected chi connectivity index (χ4v) is 2.94. The first-order valence-electron chi connectivity index (χ1n) is 6.04. The van der Waals surface area contributed by atoms with Crippen LogP contribution in [0.15, 0.2) is 51.8 Å². The fourth-order valence-electron chi connectivity index (χ4n) is 1.74. The Morgan fingerprint density at radius 3 is 2.70 bits per heavy atom. The maximum Gasteiger partial charge on any atom is 0.340 e. The van der Waals surface area contributed by atoms with E-state index in [1.54, 1.807) is 30.3 Å². The molecule has 2 aromatic carbocycles. The van der Waals surface area contributed by atoms with Gasteiger partial charge in [0.2, 0.25) is 0 Å². The molecule has 0 radical (unpaired) electrons. The second-order valence-corrected chi connectivity index (χ2v) is 6.15. The van der Waals surface area contributed by atoms with E-state index in [1.165, 1.54) is 11.8 Å². The molecule has 0 amide bonds. The third kappa shape index (κ3) is 3.55. The van der Waals surface area contributed by atoms with Crippen molar-refractivity contribution in [1.29, 1.82) is 0 Å². The molecule has 0 saturated carbocycles. The van der Waals surface area contributed by atoms with Gasteiger partial charge in [-0.1, -0.05) is 35.0 Å². The van der Waals surface area contributed by atoms with E-state index in [2.05, 4.69) is 15.9 Å². The lowest BCUT2D eigenvalue weighted by Gasteiger charge is -2.12. The molecule has 1 N–H and O–H groups in total. The van der Waals surface area contributed by atoms with Crippen molar-refractivity contribution in [3.63, 3.8) is 0 Å². The number of carbonyl (C=O) groups is 1. The summed E-state index contributed by atoms with van der Waals surface area (Å²) < 4.78 is 6.59. The van der Waals surface area contributed by atoms with Gasteiger partial charge >= 0.3 is 5.97 Å². The number of halogens is 1. The summed E-state index contributed by atoms with van der Waals surface area (Å²) in [6.07, 6.45) is 0. The van der Waals surface area contributed by atoms with Gasteiger partial charge < -0.3 is 9.84 Å². The molecule has 0 aliphatic heterocycles. The Labute approximate surface area is 130 Å². The summed E-state index contributed by atoms with van der Waals surface area (Å²) >= 11 is 4.85. The van der Waals surface area contributed by atoms with Gasteiger partial charge in [-0.25, -0.2) is 4.79 Å². The van der Waals surface area contributed by atoms with Gasteiger partial charge in [0.1, 0.15) is 17.1 Å². The van der Waals surface area contributed by atoms with Gasteiger partial charge in [0, 0.05) is 9.37 Å². The first-order chi connectivity index (χ1) is 9.61. The second kappa shape index (κ2) is 6.81. The highest BCUT2D eigenvalue weighted by molar-refractivity contribution is 9.10. The average Bonchev–Trinajstić information content (AvgIpc) is 2.39. The van der Waals surface area contributed by atoms with E-state index in [0.717, 1.165) is 10.2 Å². The monoisotopic (exact) mass is 352 g/mol. The molecule has 5 heteroatoms. The van der Waals surface area contributed by atoms with Crippen molar-refractivity contribution in [1.82, 2.24) is 0 Å². The van der Waals surface area contributed by atoms with E-state index in [9.17, 15) is 9.90 Å². The highest BCUT2D eigenvalue weighted by Crippen LogP contribution is 2.33. The van der Waals surface area contributed by atoms with Crippen LogP contribution in [0.2, 0.25) is 0 Å². The highest BCUT2D eigenvalue weighted by atomic mass is 79.9. The molecule has 3 nitrogen and oxygen atoms in total. The zero-order valence-electron chi connectivity index (χ0n) is 10.8. The second-order valence-electron chi connectivity index (χ2n) is 3.93. The van der Waals surface area contributed by atoms with Crippen LogP contribution in [0.25, 0.3) is 0 Å². The quantitative estimate of drug-likeness (QED) is 0.764. The van der Waals surface area contributed by atoms with E-state index in [1.807, 2.05) is 19.1 Å². The molecule has 0 bridgehead atoms. The van der Waals surface area contributed by atoms with Crippen LogP contribution in [-0.4, -0.2) is 16.8 Å². The molecule has 0 unspecified atom stereocenters. The predicted molar refractivity (Wildman–Crippen MR) is 84.0 cm³/mol. The van der Waals surface area contributed by atoms with Crippen molar-refractivity contribution in [2.24, 2.45) is 0 Å². The molecule has 0 aliphatic carbocycles. The summed E-state index contributed by atoms with van der Waals surface area (Å²) in [5, 5.41) is 9.40. The Hall–Kier alpha value is -1.46. The van der Waals surface area contributed by atoms with Gasteiger partial charge in [-0.3, -0.25) is 0 Å². The molecular formula is C15H13BrO3S. The van der Waals surface area contributed by atoms with Crippen LogP contribution < -0.4 is 4.74 Å².